The predicted octanol–water partition coefficient (Wildman–Crippen LogP) is 4.04. The SMILES string of the molecule is CCCOc1ccccc1C(=O)Oc1cccc(NC(=O)CC)c1. The number of hydrogen-bond donors (Lipinski definition) is 1. The van der Waals surface area contributed by atoms with E-state index in [1.54, 1.807) is 49.4 Å². The monoisotopic (exact) mass is 327 g/mol. The van der Waals surface area contributed by atoms with Gasteiger partial charge in [-0.05, 0) is 30.7 Å². The molecule has 2 aromatic rings. The molecule has 0 saturated carbocycles. The Labute approximate surface area is 141 Å². The molecule has 0 radical (unpaired) electrons. The molecule has 0 fully saturated rings. The van der Waals surface area contributed by atoms with Crippen molar-refractivity contribution in [3.05, 3.63) is 54.1 Å². The number of carbonyl (C=O) groups excluding carboxylic acids is 2. The highest BCUT2D eigenvalue weighted by molar-refractivity contribution is 5.94. The van der Waals surface area contributed by atoms with Crippen LogP contribution in [0.3, 0.4) is 0 Å². The molecular weight excluding hydrogens is 306 g/mol. The Morgan fingerprint density at radius 2 is 1.83 bits per heavy atom. The number of amides is 1. The van der Waals surface area contributed by atoms with Crippen molar-refractivity contribution in [2.45, 2.75) is 26.7 Å². The van der Waals surface area contributed by atoms with Crippen molar-refractivity contribution in [2.75, 3.05) is 11.9 Å². The molecule has 126 valence electrons. The lowest BCUT2D eigenvalue weighted by Gasteiger charge is -2.11. The number of benzene rings is 2. The molecule has 5 nitrogen and oxygen atoms in total. The van der Waals surface area contributed by atoms with Crippen LogP contribution in [0.25, 0.3) is 0 Å². The van der Waals surface area contributed by atoms with Crippen LogP contribution in [-0.2, 0) is 4.79 Å². The predicted molar refractivity (Wildman–Crippen MR) is 92.5 cm³/mol. The number of ether oxygens (including phenoxy) is 2. The quantitative estimate of drug-likeness (QED) is 0.615. The fourth-order valence-electron chi connectivity index (χ4n) is 2.02. The summed E-state index contributed by atoms with van der Waals surface area (Å²) in [5.41, 5.74) is 0.955. The molecule has 1 amide bonds. The first-order valence-electron chi connectivity index (χ1n) is 7.98. The largest absolute Gasteiger partial charge is 0.493 e. The summed E-state index contributed by atoms with van der Waals surface area (Å²) in [5.74, 6) is 0.261. The molecule has 0 aliphatic heterocycles. The first-order chi connectivity index (χ1) is 11.6. The van der Waals surface area contributed by atoms with Crippen molar-refractivity contribution in [1.29, 1.82) is 0 Å². The number of nitrogens with one attached hydrogen (secondary N) is 1. The molecule has 24 heavy (non-hydrogen) atoms. The Kier molecular flexibility index (Phi) is 6.37. The summed E-state index contributed by atoms with van der Waals surface area (Å²) in [7, 11) is 0. The molecule has 0 saturated heterocycles. The Morgan fingerprint density at radius 3 is 2.58 bits per heavy atom. The van der Waals surface area contributed by atoms with Gasteiger partial charge in [-0.15, -0.1) is 0 Å². The molecule has 1 N–H and O–H groups in total. The molecule has 0 atom stereocenters. The topological polar surface area (TPSA) is 64.6 Å². The van der Waals surface area contributed by atoms with E-state index in [0.29, 0.717) is 35.8 Å². The van der Waals surface area contributed by atoms with Gasteiger partial charge in [0.2, 0.25) is 5.91 Å². The highest BCUT2D eigenvalue weighted by Crippen LogP contribution is 2.23. The summed E-state index contributed by atoms with van der Waals surface area (Å²) >= 11 is 0. The Hall–Kier alpha value is -2.82. The van der Waals surface area contributed by atoms with Crippen LogP contribution in [0, 0.1) is 0 Å². The van der Waals surface area contributed by atoms with Crippen molar-refractivity contribution in [3.63, 3.8) is 0 Å². The summed E-state index contributed by atoms with van der Waals surface area (Å²) in [5, 5.41) is 2.73. The zero-order valence-corrected chi connectivity index (χ0v) is 13.9. The highest BCUT2D eigenvalue weighted by Gasteiger charge is 2.14. The number of para-hydroxylation sites is 1. The van der Waals surface area contributed by atoms with E-state index in [1.165, 1.54) is 0 Å². The third kappa shape index (κ3) is 4.84. The molecule has 0 heterocycles. The van der Waals surface area contributed by atoms with Gasteiger partial charge >= 0.3 is 5.97 Å². The highest BCUT2D eigenvalue weighted by atomic mass is 16.5. The van der Waals surface area contributed by atoms with Gasteiger partial charge in [-0.3, -0.25) is 4.79 Å². The maximum atomic E-state index is 12.4. The normalized spacial score (nSPS) is 10.1. The smallest absolute Gasteiger partial charge is 0.347 e. The number of carbonyl (C=O) groups is 2. The second-order valence-electron chi connectivity index (χ2n) is 5.16. The fourth-order valence-corrected chi connectivity index (χ4v) is 2.02. The van der Waals surface area contributed by atoms with Gasteiger partial charge in [-0.2, -0.15) is 0 Å². The fraction of sp³-hybridized carbons (Fsp3) is 0.263. The van der Waals surface area contributed by atoms with Crippen molar-refractivity contribution < 1.29 is 19.1 Å². The summed E-state index contributed by atoms with van der Waals surface area (Å²) < 4.78 is 11.0. The van der Waals surface area contributed by atoms with E-state index in [-0.39, 0.29) is 5.91 Å². The van der Waals surface area contributed by atoms with E-state index >= 15 is 0 Å². The van der Waals surface area contributed by atoms with Gasteiger partial charge in [0.25, 0.3) is 0 Å². The van der Waals surface area contributed by atoms with Gasteiger partial charge in [0.15, 0.2) is 0 Å². The van der Waals surface area contributed by atoms with E-state index in [0.717, 1.165) is 6.42 Å². The molecular formula is C19H21NO4. The molecule has 0 bridgehead atoms. The zero-order chi connectivity index (χ0) is 17.4. The third-order valence-electron chi connectivity index (χ3n) is 3.22. The van der Waals surface area contributed by atoms with E-state index < -0.39 is 5.97 Å². The lowest BCUT2D eigenvalue weighted by atomic mass is 10.2. The molecule has 0 unspecified atom stereocenters. The van der Waals surface area contributed by atoms with Gasteiger partial charge in [0.05, 0.1) is 6.61 Å². The van der Waals surface area contributed by atoms with E-state index in [4.69, 9.17) is 9.47 Å². The third-order valence-corrected chi connectivity index (χ3v) is 3.22. The number of hydrogen-bond acceptors (Lipinski definition) is 4. The lowest BCUT2D eigenvalue weighted by molar-refractivity contribution is -0.115. The molecule has 5 heteroatoms. The van der Waals surface area contributed by atoms with Crippen LogP contribution >= 0.6 is 0 Å². The minimum atomic E-state index is -0.499. The van der Waals surface area contributed by atoms with Crippen molar-refractivity contribution in [1.82, 2.24) is 0 Å². The Balaban J connectivity index is 2.12. The van der Waals surface area contributed by atoms with Gasteiger partial charge in [-0.25, -0.2) is 4.79 Å². The Morgan fingerprint density at radius 1 is 1.04 bits per heavy atom. The molecule has 0 spiro atoms. The van der Waals surface area contributed by atoms with Crippen LogP contribution in [0.4, 0.5) is 5.69 Å². The van der Waals surface area contributed by atoms with Crippen molar-refractivity contribution in [2.24, 2.45) is 0 Å². The second kappa shape index (κ2) is 8.72. The number of esters is 1. The summed E-state index contributed by atoms with van der Waals surface area (Å²) in [6.07, 6.45) is 1.23. The van der Waals surface area contributed by atoms with Crippen LogP contribution in [0.15, 0.2) is 48.5 Å². The standard InChI is InChI=1S/C19H21NO4/c1-3-12-23-17-11-6-5-10-16(17)19(22)24-15-9-7-8-14(13-15)20-18(21)4-2/h5-11,13H,3-4,12H2,1-2H3,(H,20,21). The first kappa shape index (κ1) is 17.5. The zero-order valence-electron chi connectivity index (χ0n) is 13.9. The van der Waals surface area contributed by atoms with Gasteiger partial charge in [0.1, 0.15) is 17.1 Å². The number of rotatable bonds is 7. The van der Waals surface area contributed by atoms with Crippen molar-refractivity contribution >= 4 is 17.6 Å². The van der Waals surface area contributed by atoms with Gasteiger partial charge in [-0.1, -0.05) is 32.0 Å². The Bertz CT molecular complexity index is 712. The van der Waals surface area contributed by atoms with Crippen LogP contribution in [-0.4, -0.2) is 18.5 Å². The van der Waals surface area contributed by atoms with E-state index in [2.05, 4.69) is 5.32 Å². The molecule has 2 aromatic carbocycles. The van der Waals surface area contributed by atoms with Crippen LogP contribution in [0.2, 0.25) is 0 Å². The molecule has 2 rings (SSSR count). The summed E-state index contributed by atoms with van der Waals surface area (Å²) in [6.45, 7) is 4.30. The average Bonchev–Trinajstić information content (AvgIpc) is 2.60. The maximum Gasteiger partial charge on any atom is 0.347 e. The summed E-state index contributed by atoms with van der Waals surface area (Å²) in [4.78, 5) is 23.8. The molecule has 0 aliphatic rings. The minimum absolute atomic E-state index is 0.100. The summed E-state index contributed by atoms with van der Waals surface area (Å²) in [6, 6.07) is 13.7. The second-order valence-corrected chi connectivity index (χ2v) is 5.16. The van der Waals surface area contributed by atoms with Crippen LogP contribution in [0.1, 0.15) is 37.0 Å². The van der Waals surface area contributed by atoms with Crippen LogP contribution in [0.5, 0.6) is 11.5 Å². The van der Waals surface area contributed by atoms with Gasteiger partial charge in [0, 0.05) is 18.2 Å². The van der Waals surface area contributed by atoms with E-state index in [1.807, 2.05) is 13.0 Å². The van der Waals surface area contributed by atoms with Gasteiger partial charge < -0.3 is 14.8 Å². The molecule has 0 aromatic heterocycles. The van der Waals surface area contributed by atoms with E-state index in [9.17, 15) is 9.59 Å². The molecule has 0 aliphatic carbocycles. The number of anilines is 1. The minimum Gasteiger partial charge on any atom is -0.493 e. The van der Waals surface area contributed by atoms with Crippen molar-refractivity contribution in [3.8, 4) is 11.5 Å². The first-order valence-corrected chi connectivity index (χ1v) is 7.98. The lowest BCUT2D eigenvalue weighted by Crippen LogP contribution is -2.12. The van der Waals surface area contributed by atoms with Crippen LogP contribution < -0.4 is 14.8 Å². The average molecular weight is 327 g/mol. The maximum absolute atomic E-state index is 12.4.